The molecule has 0 aromatic carbocycles. The third-order valence-electron chi connectivity index (χ3n) is 3.47. The highest BCUT2D eigenvalue weighted by molar-refractivity contribution is 5.03. The highest BCUT2D eigenvalue weighted by Gasteiger charge is 2.48. The van der Waals surface area contributed by atoms with Gasteiger partial charge in [0, 0.05) is 12.1 Å². The van der Waals surface area contributed by atoms with E-state index in [1.54, 1.807) is 0 Å². The van der Waals surface area contributed by atoms with Gasteiger partial charge in [-0.2, -0.15) is 0 Å². The number of hydrogen-bond acceptors (Lipinski definition) is 3. The second-order valence-corrected chi connectivity index (χ2v) is 4.27. The lowest BCUT2D eigenvalue weighted by Crippen LogP contribution is -2.41. The van der Waals surface area contributed by atoms with E-state index >= 15 is 0 Å². The summed E-state index contributed by atoms with van der Waals surface area (Å²) in [5.41, 5.74) is 0.0132. The summed E-state index contributed by atoms with van der Waals surface area (Å²) < 4.78 is 5.53. The highest BCUT2D eigenvalue weighted by Crippen LogP contribution is 2.39. The lowest BCUT2D eigenvalue weighted by atomic mass is 9.94. The zero-order chi connectivity index (χ0) is 10.0. The van der Waals surface area contributed by atoms with Crippen LogP contribution in [0.25, 0.3) is 0 Å². The highest BCUT2D eigenvalue weighted by atomic mass is 16.5. The summed E-state index contributed by atoms with van der Waals surface area (Å²) in [7, 11) is 0. The summed E-state index contributed by atoms with van der Waals surface area (Å²) in [5, 5.41) is 9.43. The van der Waals surface area contributed by atoms with Crippen LogP contribution in [0.5, 0.6) is 0 Å². The molecule has 3 heteroatoms. The number of hydrogen-bond donors (Lipinski definition) is 1. The third-order valence-corrected chi connectivity index (χ3v) is 3.47. The van der Waals surface area contributed by atoms with Crippen LogP contribution in [0.2, 0.25) is 0 Å². The smallest absolute Gasteiger partial charge is 0.107 e. The normalized spacial score (nSPS) is 37.0. The molecule has 2 saturated heterocycles. The number of aliphatic hydroxyl groups excluding tert-OH is 1. The Morgan fingerprint density at radius 3 is 3.14 bits per heavy atom. The summed E-state index contributed by atoms with van der Waals surface area (Å²) in [6, 6.07) is 0. The van der Waals surface area contributed by atoms with Crippen LogP contribution in [0.4, 0.5) is 0 Å². The Kier molecular flexibility index (Phi) is 2.78. The molecule has 2 aliphatic rings. The lowest BCUT2D eigenvalue weighted by molar-refractivity contribution is 0.0789. The van der Waals surface area contributed by atoms with Crippen molar-refractivity contribution in [1.82, 2.24) is 4.90 Å². The quantitative estimate of drug-likeness (QED) is 0.655. The summed E-state index contributed by atoms with van der Waals surface area (Å²) in [6.07, 6.45) is 8.60. The zero-order valence-corrected chi connectivity index (χ0v) is 8.41. The molecule has 1 N–H and O–H groups in total. The van der Waals surface area contributed by atoms with Crippen molar-refractivity contribution < 1.29 is 9.84 Å². The van der Waals surface area contributed by atoms with Crippen molar-refractivity contribution in [3.63, 3.8) is 0 Å². The van der Waals surface area contributed by atoms with Gasteiger partial charge in [0.2, 0.25) is 0 Å². The van der Waals surface area contributed by atoms with Gasteiger partial charge in [-0.05, 0) is 25.8 Å². The molecule has 0 amide bonds. The fourth-order valence-electron chi connectivity index (χ4n) is 2.77. The Hall–Kier alpha value is -0.560. The fourth-order valence-corrected chi connectivity index (χ4v) is 2.77. The van der Waals surface area contributed by atoms with Crippen LogP contribution in [-0.4, -0.2) is 48.0 Å². The van der Waals surface area contributed by atoms with E-state index in [1.165, 1.54) is 6.42 Å². The molecule has 0 bridgehead atoms. The molecule has 0 saturated carbocycles. The molecule has 14 heavy (non-hydrogen) atoms. The molecule has 0 unspecified atom stereocenters. The maximum absolute atomic E-state index is 9.43. The molecule has 0 spiro atoms. The topological polar surface area (TPSA) is 32.7 Å². The van der Waals surface area contributed by atoms with Crippen LogP contribution in [0.1, 0.15) is 19.3 Å². The summed E-state index contributed by atoms with van der Waals surface area (Å²) in [4.78, 5) is 2.36. The van der Waals surface area contributed by atoms with Crippen LogP contribution in [0, 0.1) is 12.3 Å². The van der Waals surface area contributed by atoms with Crippen LogP contribution in [-0.2, 0) is 4.74 Å². The van der Waals surface area contributed by atoms with Crippen LogP contribution in [0.3, 0.4) is 0 Å². The maximum atomic E-state index is 9.43. The van der Waals surface area contributed by atoms with Crippen LogP contribution in [0.15, 0.2) is 0 Å². The number of terminal acetylenes is 1. The van der Waals surface area contributed by atoms with E-state index in [-0.39, 0.29) is 18.2 Å². The van der Waals surface area contributed by atoms with E-state index in [1.807, 2.05) is 0 Å². The molecule has 0 aliphatic carbocycles. The fraction of sp³-hybridized carbons (Fsp3) is 0.818. The second kappa shape index (κ2) is 3.90. The number of rotatable bonds is 3. The van der Waals surface area contributed by atoms with Gasteiger partial charge in [-0.3, -0.25) is 4.90 Å². The number of ether oxygens (including phenoxy) is 1. The average Bonchev–Trinajstić information content (AvgIpc) is 2.70. The van der Waals surface area contributed by atoms with Gasteiger partial charge in [0.15, 0.2) is 0 Å². The minimum Gasteiger partial charge on any atom is -0.394 e. The summed E-state index contributed by atoms with van der Waals surface area (Å²) in [5.74, 6) is 2.49. The summed E-state index contributed by atoms with van der Waals surface area (Å²) in [6.45, 7) is 2.67. The van der Waals surface area contributed by atoms with Gasteiger partial charge in [-0.1, -0.05) is 5.92 Å². The van der Waals surface area contributed by atoms with Crippen molar-refractivity contribution in [2.45, 2.75) is 30.9 Å². The molecular formula is C11H17NO2. The van der Waals surface area contributed by atoms with Gasteiger partial charge in [-0.25, -0.2) is 0 Å². The minimum atomic E-state index is 0.0132. The van der Waals surface area contributed by atoms with Crippen molar-refractivity contribution in [1.29, 1.82) is 0 Å². The van der Waals surface area contributed by atoms with Crippen molar-refractivity contribution in [3.05, 3.63) is 0 Å². The van der Waals surface area contributed by atoms with E-state index < -0.39 is 0 Å². The molecule has 2 atom stereocenters. The molecule has 0 radical (unpaired) electrons. The first-order valence-corrected chi connectivity index (χ1v) is 5.22. The van der Waals surface area contributed by atoms with E-state index in [4.69, 9.17) is 11.2 Å². The van der Waals surface area contributed by atoms with E-state index in [9.17, 15) is 5.11 Å². The Bertz CT molecular complexity index is 248. The predicted octanol–water partition coefficient (Wildman–Crippen LogP) is 0.235. The van der Waals surface area contributed by atoms with Crippen molar-refractivity contribution >= 4 is 0 Å². The minimum absolute atomic E-state index is 0.0132. The van der Waals surface area contributed by atoms with Gasteiger partial charge in [0.1, 0.15) is 6.61 Å². The zero-order valence-electron chi connectivity index (χ0n) is 8.41. The Labute approximate surface area is 85.0 Å². The predicted molar refractivity (Wildman–Crippen MR) is 53.8 cm³/mol. The van der Waals surface area contributed by atoms with Gasteiger partial charge < -0.3 is 9.84 Å². The van der Waals surface area contributed by atoms with E-state index in [0.29, 0.717) is 6.61 Å². The van der Waals surface area contributed by atoms with Gasteiger partial charge in [0.05, 0.1) is 12.7 Å². The number of nitrogens with zero attached hydrogens (tertiary/aromatic N) is 1. The average molecular weight is 195 g/mol. The van der Waals surface area contributed by atoms with E-state index in [2.05, 4.69) is 10.8 Å². The van der Waals surface area contributed by atoms with Crippen LogP contribution < -0.4 is 0 Å². The first-order valence-electron chi connectivity index (χ1n) is 5.22. The largest absolute Gasteiger partial charge is 0.394 e. The van der Waals surface area contributed by atoms with E-state index in [0.717, 1.165) is 25.9 Å². The number of fused-ring (bicyclic) bond motifs is 1. The standard InChI is InChI=1S/C11H17NO2/c1-2-6-14-10-7-11(9-13)4-3-5-12(11)8-10/h1,10,13H,3-9H2/t10-,11-/m0/s1. The molecule has 2 rings (SSSR count). The molecule has 2 heterocycles. The second-order valence-electron chi connectivity index (χ2n) is 4.27. The van der Waals surface area contributed by atoms with Gasteiger partial charge >= 0.3 is 0 Å². The van der Waals surface area contributed by atoms with Gasteiger partial charge in [0.25, 0.3) is 0 Å². The molecule has 0 aromatic rings. The maximum Gasteiger partial charge on any atom is 0.107 e. The number of aliphatic hydroxyl groups is 1. The molecule has 2 aliphatic heterocycles. The lowest BCUT2D eigenvalue weighted by Gasteiger charge is -2.28. The Morgan fingerprint density at radius 2 is 2.50 bits per heavy atom. The third kappa shape index (κ3) is 1.54. The SMILES string of the molecule is C#CCO[C@@H]1CN2CCC[C@@]2(CO)C1. The van der Waals surface area contributed by atoms with Crippen molar-refractivity contribution in [3.8, 4) is 12.3 Å². The van der Waals surface area contributed by atoms with Gasteiger partial charge in [-0.15, -0.1) is 6.42 Å². The molecule has 78 valence electrons. The van der Waals surface area contributed by atoms with Crippen LogP contribution >= 0.6 is 0 Å². The van der Waals surface area contributed by atoms with Crippen molar-refractivity contribution in [2.75, 3.05) is 26.3 Å². The molecule has 2 fully saturated rings. The molecular weight excluding hydrogens is 178 g/mol. The first-order chi connectivity index (χ1) is 6.80. The molecule has 0 aromatic heterocycles. The summed E-state index contributed by atoms with van der Waals surface area (Å²) >= 11 is 0. The first kappa shape index (κ1) is 9.97. The Morgan fingerprint density at radius 1 is 1.64 bits per heavy atom. The Balaban J connectivity index is 1.95. The molecule has 3 nitrogen and oxygen atoms in total. The van der Waals surface area contributed by atoms with Crippen molar-refractivity contribution in [2.24, 2.45) is 0 Å². The monoisotopic (exact) mass is 195 g/mol.